The molecule has 0 unspecified atom stereocenters. The lowest BCUT2D eigenvalue weighted by atomic mass is 10.2. The first-order chi connectivity index (χ1) is 12.8. The number of nitro benzene ring substituents is 1. The van der Waals surface area contributed by atoms with Crippen molar-refractivity contribution in [3.05, 3.63) is 58.1 Å². The lowest BCUT2D eigenvalue weighted by Crippen LogP contribution is -2.30. The third-order valence-corrected chi connectivity index (χ3v) is 6.17. The van der Waals surface area contributed by atoms with E-state index in [0.717, 1.165) is 11.6 Å². The normalized spacial score (nSPS) is 11.4. The van der Waals surface area contributed by atoms with Gasteiger partial charge in [-0.1, -0.05) is 26.0 Å². The molecule has 0 aliphatic rings. The molecule has 8 nitrogen and oxygen atoms in total. The van der Waals surface area contributed by atoms with Gasteiger partial charge in [0.2, 0.25) is 10.0 Å². The van der Waals surface area contributed by atoms with Gasteiger partial charge in [0.25, 0.3) is 5.69 Å². The quantitative estimate of drug-likeness (QED) is 0.518. The summed E-state index contributed by atoms with van der Waals surface area (Å²) in [5.74, 6) is 0.685. The molecular weight excluding hydrogens is 370 g/mol. The third-order valence-electron chi connectivity index (χ3n) is 4.13. The third kappa shape index (κ3) is 4.75. The number of hydrogen-bond donors (Lipinski definition) is 1. The highest BCUT2D eigenvalue weighted by atomic mass is 32.2. The Morgan fingerprint density at radius 2 is 1.85 bits per heavy atom. The van der Waals surface area contributed by atoms with E-state index in [0.29, 0.717) is 25.4 Å². The average molecular weight is 393 g/mol. The maximum absolute atomic E-state index is 12.6. The van der Waals surface area contributed by atoms with Gasteiger partial charge in [0.15, 0.2) is 0 Å². The standard InChI is InChI=1S/C18H23N3O5S/c1-4-20(5-2)27(24,25)16-9-10-17(18(12-16)21(22)23)19-13-14-7-6-8-15(11-14)26-3/h6-12,19H,4-5,13H2,1-3H3. The fraction of sp³-hybridized carbons (Fsp3) is 0.333. The molecule has 0 heterocycles. The van der Waals surface area contributed by atoms with Crippen molar-refractivity contribution in [2.75, 3.05) is 25.5 Å². The van der Waals surface area contributed by atoms with Crippen LogP contribution in [0, 0.1) is 10.1 Å². The molecular formula is C18H23N3O5S. The fourth-order valence-electron chi connectivity index (χ4n) is 2.66. The van der Waals surface area contributed by atoms with Crippen LogP contribution in [0.3, 0.4) is 0 Å². The van der Waals surface area contributed by atoms with E-state index in [2.05, 4.69) is 5.32 Å². The van der Waals surface area contributed by atoms with E-state index in [-0.39, 0.29) is 16.3 Å². The Hall–Kier alpha value is -2.65. The molecule has 0 atom stereocenters. The lowest BCUT2D eigenvalue weighted by Gasteiger charge is -2.18. The summed E-state index contributed by atoms with van der Waals surface area (Å²) in [6.45, 7) is 4.37. The number of nitrogens with zero attached hydrogens (tertiary/aromatic N) is 2. The van der Waals surface area contributed by atoms with Gasteiger partial charge >= 0.3 is 0 Å². The number of sulfonamides is 1. The summed E-state index contributed by atoms with van der Waals surface area (Å²) in [5, 5.41) is 14.5. The van der Waals surface area contributed by atoms with E-state index in [1.54, 1.807) is 27.0 Å². The van der Waals surface area contributed by atoms with Crippen molar-refractivity contribution in [1.82, 2.24) is 4.31 Å². The van der Waals surface area contributed by atoms with Gasteiger partial charge < -0.3 is 10.1 Å². The lowest BCUT2D eigenvalue weighted by molar-refractivity contribution is -0.384. The summed E-state index contributed by atoms with van der Waals surface area (Å²) < 4.78 is 31.6. The van der Waals surface area contributed by atoms with Gasteiger partial charge in [-0.3, -0.25) is 10.1 Å². The number of rotatable bonds is 9. The SMILES string of the molecule is CCN(CC)S(=O)(=O)c1ccc(NCc2cccc(OC)c2)c([N+](=O)[O-])c1. The molecule has 0 radical (unpaired) electrons. The van der Waals surface area contributed by atoms with Crippen molar-refractivity contribution in [3.8, 4) is 5.75 Å². The number of anilines is 1. The van der Waals surface area contributed by atoms with E-state index in [9.17, 15) is 18.5 Å². The maximum atomic E-state index is 12.6. The van der Waals surface area contributed by atoms with E-state index in [4.69, 9.17) is 4.74 Å². The molecule has 27 heavy (non-hydrogen) atoms. The summed E-state index contributed by atoms with van der Waals surface area (Å²) in [6, 6.07) is 11.2. The van der Waals surface area contributed by atoms with Crippen LogP contribution in [0.4, 0.5) is 11.4 Å². The summed E-state index contributed by atoms with van der Waals surface area (Å²) in [4.78, 5) is 10.8. The minimum absolute atomic E-state index is 0.0927. The van der Waals surface area contributed by atoms with Crippen LogP contribution >= 0.6 is 0 Å². The van der Waals surface area contributed by atoms with Crippen molar-refractivity contribution in [2.24, 2.45) is 0 Å². The van der Waals surface area contributed by atoms with Crippen LogP contribution in [0.25, 0.3) is 0 Å². The van der Waals surface area contributed by atoms with Crippen LogP contribution in [0.5, 0.6) is 5.75 Å². The van der Waals surface area contributed by atoms with E-state index in [1.165, 1.54) is 16.4 Å². The topological polar surface area (TPSA) is 102 Å². The molecule has 0 amide bonds. The van der Waals surface area contributed by atoms with Crippen molar-refractivity contribution in [3.63, 3.8) is 0 Å². The highest BCUT2D eigenvalue weighted by molar-refractivity contribution is 7.89. The number of hydrogen-bond acceptors (Lipinski definition) is 6. The minimum atomic E-state index is -3.77. The van der Waals surface area contributed by atoms with E-state index >= 15 is 0 Å². The largest absolute Gasteiger partial charge is 0.497 e. The summed E-state index contributed by atoms with van der Waals surface area (Å²) >= 11 is 0. The van der Waals surface area contributed by atoms with Gasteiger partial charge in [-0.05, 0) is 29.8 Å². The fourth-order valence-corrected chi connectivity index (χ4v) is 4.14. The average Bonchev–Trinajstić information content (AvgIpc) is 2.67. The molecule has 1 N–H and O–H groups in total. The Morgan fingerprint density at radius 3 is 2.44 bits per heavy atom. The Bertz CT molecular complexity index is 911. The number of nitro groups is 1. The Balaban J connectivity index is 2.31. The summed E-state index contributed by atoms with van der Waals surface area (Å²) in [7, 11) is -2.20. The van der Waals surface area contributed by atoms with Crippen LogP contribution in [0.1, 0.15) is 19.4 Å². The van der Waals surface area contributed by atoms with Gasteiger partial charge in [0.05, 0.1) is 16.9 Å². The van der Waals surface area contributed by atoms with Crippen molar-refractivity contribution in [2.45, 2.75) is 25.3 Å². The van der Waals surface area contributed by atoms with Crippen LogP contribution in [-0.4, -0.2) is 37.8 Å². The van der Waals surface area contributed by atoms with Gasteiger partial charge in [0.1, 0.15) is 11.4 Å². The molecule has 9 heteroatoms. The molecule has 2 rings (SSSR count). The molecule has 2 aromatic carbocycles. The molecule has 0 aromatic heterocycles. The van der Waals surface area contributed by atoms with E-state index in [1.807, 2.05) is 18.2 Å². The Labute approximate surface area is 159 Å². The highest BCUT2D eigenvalue weighted by Crippen LogP contribution is 2.29. The smallest absolute Gasteiger partial charge is 0.293 e. The van der Waals surface area contributed by atoms with Gasteiger partial charge in [-0.25, -0.2) is 8.42 Å². The van der Waals surface area contributed by atoms with Gasteiger partial charge in [-0.15, -0.1) is 0 Å². The predicted octanol–water partition coefficient (Wildman–Crippen LogP) is 3.25. The monoisotopic (exact) mass is 393 g/mol. The Kier molecular flexibility index (Phi) is 6.75. The zero-order chi connectivity index (χ0) is 20.0. The molecule has 0 aliphatic heterocycles. The number of benzene rings is 2. The first-order valence-electron chi connectivity index (χ1n) is 8.48. The molecule has 0 aliphatic carbocycles. The van der Waals surface area contributed by atoms with E-state index < -0.39 is 14.9 Å². The van der Waals surface area contributed by atoms with Crippen LogP contribution < -0.4 is 10.1 Å². The molecule has 0 spiro atoms. The summed E-state index contributed by atoms with van der Waals surface area (Å²) in [5.41, 5.74) is 0.843. The van der Waals surface area contributed by atoms with Crippen molar-refractivity contribution >= 4 is 21.4 Å². The molecule has 0 fully saturated rings. The van der Waals surface area contributed by atoms with Crippen molar-refractivity contribution < 1.29 is 18.1 Å². The number of nitrogens with one attached hydrogen (secondary N) is 1. The van der Waals surface area contributed by atoms with Crippen molar-refractivity contribution in [1.29, 1.82) is 0 Å². The molecule has 146 valence electrons. The second-order valence-electron chi connectivity index (χ2n) is 5.73. The predicted molar refractivity (Wildman–Crippen MR) is 104 cm³/mol. The second-order valence-corrected chi connectivity index (χ2v) is 7.67. The Morgan fingerprint density at radius 1 is 1.15 bits per heavy atom. The minimum Gasteiger partial charge on any atom is -0.497 e. The zero-order valence-corrected chi connectivity index (χ0v) is 16.3. The van der Waals surface area contributed by atoms with Crippen LogP contribution in [0.15, 0.2) is 47.4 Å². The number of ether oxygens (including phenoxy) is 1. The summed E-state index contributed by atoms with van der Waals surface area (Å²) in [6.07, 6.45) is 0. The number of methoxy groups -OCH3 is 1. The van der Waals surface area contributed by atoms with Gasteiger partial charge in [0, 0.05) is 25.7 Å². The molecule has 0 bridgehead atoms. The van der Waals surface area contributed by atoms with Crippen LogP contribution in [0.2, 0.25) is 0 Å². The van der Waals surface area contributed by atoms with Gasteiger partial charge in [-0.2, -0.15) is 4.31 Å². The second kappa shape index (κ2) is 8.83. The zero-order valence-electron chi connectivity index (χ0n) is 15.5. The molecule has 2 aromatic rings. The van der Waals surface area contributed by atoms with Crippen LogP contribution in [-0.2, 0) is 16.6 Å². The molecule has 0 saturated heterocycles. The molecule has 0 saturated carbocycles. The maximum Gasteiger partial charge on any atom is 0.293 e. The first kappa shape index (κ1) is 20.7. The first-order valence-corrected chi connectivity index (χ1v) is 9.92. The highest BCUT2D eigenvalue weighted by Gasteiger charge is 2.25.